The van der Waals surface area contributed by atoms with Crippen molar-refractivity contribution in [1.82, 2.24) is 15.3 Å². The summed E-state index contributed by atoms with van der Waals surface area (Å²) in [5.74, 6) is 0.384. The van der Waals surface area contributed by atoms with Crippen molar-refractivity contribution in [2.45, 2.75) is 13.0 Å². The van der Waals surface area contributed by atoms with Gasteiger partial charge in [0.25, 0.3) is 5.91 Å². The molecule has 2 aromatic carbocycles. The van der Waals surface area contributed by atoms with Crippen LogP contribution in [0.2, 0.25) is 0 Å². The highest BCUT2D eigenvalue weighted by Gasteiger charge is 2.18. The van der Waals surface area contributed by atoms with Gasteiger partial charge in [-0.15, -0.1) is 0 Å². The van der Waals surface area contributed by atoms with Gasteiger partial charge in [-0.25, -0.2) is 18.7 Å². The second-order valence-corrected chi connectivity index (χ2v) is 7.89. The van der Waals surface area contributed by atoms with Crippen LogP contribution in [0.15, 0.2) is 73.1 Å². The standard InChI is InChI=1S/C26H21F2N5O2/c27-17-5-3-16(4-6-17)15-32-26(34)20-2-1-11-29-25(20)33-18-7-8-23(21(28)14-18)35-22-10-13-31-24-19(22)9-12-30-24/h1-8,10-11,13-14H,9,12,15H2,(H,29,33)(H,30,31)(H,32,34). The number of ether oxygens (including phenoxy) is 1. The summed E-state index contributed by atoms with van der Waals surface area (Å²) < 4.78 is 33.8. The molecule has 0 atom stereocenters. The molecule has 0 saturated heterocycles. The lowest BCUT2D eigenvalue weighted by atomic mass is 10.2. The number of carbonyl (C=O) groups is 1. The largest absolute Gasteiger partial charge is 0.454 e. The van der Waals surface area contributed by atoms with Crippen molar-refractivity contribution < 1.29 is 18.3 Å². The molecule has 0 radical (unpaired) electrons. The second-order valence-electron chi connectivity index (χ2n) is 7.89. The Morgan fingerprint density at radius 3 is 2.69 bits per heavy atom. The number of fused-ring (bicyclic) bond motifs is 1. The molecule has 2 aromatic heterocycles. The van der Waals surface area contributed by atoms with Gasteiger partial charge in [0.2, 0.25) is 0 Å². The number of pyridine rings is 2. The van der Waals surface area contributed by atoms with Crippen molar-refractivity contribution in [3.05, 3.63) is 101 Å². The van der Waals surface area contributed by atoms with Gasteiger partial charge in [-0.3, -0.25) is 4.79 Å². The predicted molar refractivity (Wildman–Crippen MR) is 128 cm³/mol. The average molecular weight is 473 g/mol. The van der Waals surface area contributed by atoms with Gasteiger partial charge in [-0.2, -0.15) is 0 Å². The number of nitrogens with one attached hydrogen (secondary N) is 3. The third-order valence-corrected chi connectivity index (χ3v) is 5.51. The van der Waals surface area contributed by atoms with Crippen molar-refractivity contribution in [2.75, 3.05) is 17.2 Å². The number of anilines is 3. The van der Waals surface area contributed by atoms with Crippen LogP contribution in [0.4, 0.5) is 26.1 Å². The molecule has 0 unspecified atom stereocenters. The highest BCUT2D eigenvalue weighted by molar-refractivity contribution is 5.99. The smallest absolute Gasteiger partial charge is 0.255 e. The Hall–Kier alpha value is -4.53. The molecule has 7 nitrogen and oxygen atoms in total. The van der Waals surface area contributed by atoms with Gasteiger partial charge in [0.1, 0.15) is 23.2 Å². The Morgan fingerprint density at radius 1 is 1.00 bits per heavy atom. The van der Waals surface area contributed by atoms with Crippen molar-refractivity contribution in [2.24, 2.45) is 0 Å². The SMILES string of the molecule is O=C(NCc1ccc(F)cc1)c1cccnc1Nc1ccc(Oc2ccnc3c2CCN3)c(F)c1. The maximum atomic E-state index is 14.9. The molecule has 5 rings (SSSR count). The van der Waals surface area contributed by atoms with Crippen LogP contribution in [-0.4, -0.2) is 22.4 Å². The maximum absolute atomic E-state index is 14.9. The lowest BCUT2D eigenvalue weighted by Gasteiger charge is -2.13. The lowest BCUT2D eigenvalue weighted by Crippen LogP contribution is -2.24. The second kappa shape index (κ2) is 9.76. The Balaban J connectivity index is 1.29. The molecule has 0 spiro atoms. The molecule has 1 aliphatic rings. The fraction of sp³-hybridized carbons (Fsp3) is 0.115. The van der Waals surface area contributed by atoms with Crippen molar-refractivity contribution in [3.63, 3.8) is 0 Å². The Labute approximate surface area is 200 Å². The van der Waals surface area contributed by atoms with Crippen LogP contribution >= 0.6 is 0 Å². The van der Waals surface area contributed by atoms with Gasteiger partial charge in [0, 0.05) is 42.8 Å². The third-order valence-electron chi connectivity index (χ3n) is 5.51. The number of benzene rings is 2. The summed E-state index contributed by atoms with van der Waals surface area (Å²) in [5.41, 5.74) is 2.36. The van der Waals surface area contributed by atoms with E-state index < -0.39 is 5.82 Å². The molecule has 1 amide bonds. The zero-order valence-corrected chi connectivity index (χ0v) is 18.5. The molecule has 4 aromatic rings. The van der Waals surface area contributed by atoms with Crippen LogP contribution in [0.5, 0.6) is 11.5 Å². The van der Waals surface area contributed by atoms with Crippen LogP contribution in [0.1, 0.15) is 21.5 Å². The first-order chi connectivity index (χ1) is 17.1. The van der Waals surface area contributed by atoms with Crippen LogP contribution in [0.3, 0.4) is 0 Å². The highest BCUT2D eigenvalue weighted by atomic mass is 19.1. The lowest BCUT2D eigenvalue weighted by molar-refractivity contribution is 0.0951. The molecule has 0 bridgehead atoms. The van der Waals surface area contributed by atoms with Crippen LogP contribution in [-0.2, 0) is 13.0 Å². The number of carbonyl (C=O) groups excluding carboxylic acids is 1. The van der Waals surface area contributed by atoms with Crippen LogP contribution in [0, 0.1) is 11.6 Å². The molecule has 1 aliphatic heterocycles. The molecular weight excluding hydrogens is 452 g/mol. The van der Waals surface area contributed by atoms with E-state index in [4.69, 9.17) is 4.74 Å². The molecule has 176 valence electrons. The van der Waals surface area contributed by atoms with E-state index in [0.717, 1.165) is 29.9 Å². The summed E-state index contributed by atoms with van der Waals surface area (Å²) >= 11 is 0. The highest BCUT2D eigenvalue weighted by Crippen LogP contribution is 2.34. The fourth-order valence-corrected chi connectivity index (χ4v) is 3.75. The summed E-state index contributed by atoms with van der Waals surface area (Å²) in [5, 5.41) is 8.94. The molecular formula is C26H21F2N5O2. The van der Waals surface area contributed by atoms with E-state index in [9.17, 15) is 13.6 Å². The van der Waals surface area contributed by atoms with Crippen molar-refractivity contribution >= 4 is 23.2 Å². The third kappa shape index (κ3) is 5.03. The molecule has 3 heterocycles. The minimum absolute atomic E-state index is 0.0779. The average Bonchev–Trinajstić information content (AvgIpc) is 3.35. The first-order valence-corrected chi connectivity index (χ1v) is 11.0. The van der Waals surface area contributed by atoms with Crippen LogP contribution < -0.4 is 20.7 Å². The summed E-state index contributed by atoms with van der Waals surface area (Å²) in [6.45, 7) is 0.986. The van der Waals surface area contributed by atoms with E-state index in [1.165, 1.54) is 30.5 Å². The molecule has 9 heteroatoms. The van der Waals surface area contributed by atoms with Crippen LogP contribution in [0.25, 0.3) is 0 Å². The van der Waals surface area contributed by atoms with Gasteiger partial charge >= 0.3 is 0 Å². The van der Waals surface area contributed by atoms with E-state index in [1.54, 1.807) is 42.6 Å². The van der Waals surface area contributed by atoms with Gasteiger partial charge in [-0.1, -0.05) is 12.1 Å². The monoisotopic (exact) mass is 473 g/mol. The molecule has 0 fully saturated rings. The summed E-state index contributed by atoms with van der Waals surface area (Å²) in [7, 11) is 0. The topological polar surface area (TPSA) is 88.2 Å². The van der Waals surface area contributed by atoms with E-state index in [1.807, 2.05) is 0 Å². The Morgan fingerprint density at radius 2 is 1.86 bits per heavy atom. The molecule has 35 heavy (non-hydrogen) atoms. The normalized spacial score (nSPS) is 11.9. The summed E-state index contributed by atoms with van der Waals surface area (Å²) in [6, 6.07) is 15.3. The number of hydrogen-bond acceptors (Lipinski definition) is 6. The number of halogens is 2. The Bertz CT molecular complexity index is 1380. The fourth-order valence-electron chi connectivity index (χ4n) is 3.75. The summed E-state index contributed by atoms with van der Waals surface area (Å²) in [6.07, 6.45) is 3.90. The molecule has 3 N–H and O–H groups in total. The van der Waals surface area contributed by atoms with E-state index in [0.29, 0.717) is 11.4 Å². The van der Waals surface area contributed by atoms with E-state index in [2.05, 4.69) is 25.9 Å². The number of nitrogens with zero attached hydrogens (tertiary/aromatic N) is 2. The minimum Gasteiger partial charge on any atom is -0.454 e. The van der Waals surface area contributed by atoms with E-state index in [-0.39, 0.29) is 35.4 Å². The quantitative estimate of drug-likeness (QED) is 0.343. The number of amides is 1. The van der Waals surface area contributed by atoms with Gasteiger partial charge in [0.05, 0.1) is 5.56 Å². The van der Waals surface area contributed by atoms with E-state index >= 15 is 0 Å². The van der Waals surface area contributed by atoms with Gasteiger partial charge < -0.3 is 20.7 Å². The number of hydrogen-bond donors (Lipinski definition) is 3. The predicted octanol–water partition coefficient (Wildman–Crippen LogP) is 5.19. The minimum atomic E-state index is -0.565. The van der Waals surface area contributed by atoms with Gasteiger partial charge in [-0.05, 0) is 54.4 Å². The summed E-state index contributed by atoms with van der Waals surface area (Å²) in [4.78, 5) is 21.2. The van der Waals surface area contributed by atoms with Crippen molar-refractivity contribution in [1.29, 1.82) is 0 Å². The zero-order chi connectivity index (χ0) is 24.2. The molecule has 0 saturated carbocycles. The first kappa shape index (κ1) is 22.3. The Kier molecular flexibility index (Phi) is 6.21. The maximum Gasteiger partial charge on any atom is 0.255 e. The molecule has 0 aliphatic carbocycles. The van der Waals surface area contributed by atoms with Gasteiger partial charge in [0.15, 0.2) is 11.6 Å². The van der Waals surface area contributed by atoms with Crippen molar-refractivity contribution in [3.8, 4) is 11.5 Å². The number of rotatable bonds is 7. The first-order valence-electron chi connectivity index (χ1n) is 11.0. The zero-order valence-electron chi connectivity index (χ0n) is 18.5. The number of aromatic nitrogens is 2.